The number of urea groups is 1. The van der Waals surface area contributed by atoms with Crippen LogP contribution in [0.4, 0.5) is 23.9 Å². The molecule has 1 fully saturated rings. The molecule has 1 aromatic heterocycles. The van der Waals surface area contributed by atoms with Crippen molar-refractivity contribution < 1.29 is 27.5 Å². The van der Waals surface area contributed by atoms with Crippen LogP contribution in [0.25, 0.3) is 0 Å². The van der Waals surface area contributed by atoms with Gasteiger partial charge in [-0.1, -0.05) is 42.5 Å². The van der Waals surface area contributed by atoms with Crippen molar-refractivity contribution in [3.8, 4) is 5.75 Å². The van der Waals surface area contributed by atoms with Crippen LogP contribution in [0.1, 0.15) is 22.3 Å². The summed E-state index contributed by atoms with van der Waals surface area (Å²) in [6, 6.07) is 12.6. The summed E-state index contributed by atoms with van der Waals surface area (Å²) in [4.78, 5) is 35.4. The smallest absolute Gasteiger partial charge is 0.416 e. The van der Waals surface area contributed by atoms with Gasteiger partial charge in [-0.05, 0) is 24.1 Å². The molecule has 0 aliphatic carbocycles. The summed E-state index contributed by atoms with van der Waals surface area (Å²) < 4.78 is 45.3. The molecule has 0 radical (unpaired) electrons. The Morgan fingerprint density at radius 3 is 2.36 bits per heavy atom. The zero-order valence-electron chi connectivity index (χ0n) is 17.5. The summed E-state index contributed by atoms with van der Waals surface area (Å²) in [6.07, 6.45) is -2.07. The molecule has 0 unspecified atom stereocenters. The third kappa shape index (κ3) is 4.79. The number of benzene rings is 2. The molecular weight excluding hydrogens is 437 g/mol. The molecule has 1 saturated heterocycles. The lowest BCUT2D eigenvalue weighted by Crippen LogP contribution is -2.34. The molecule has 33 heavy (non-hydrogen) atoms. The minimum Gasteiger partial charge on any atom is -0.486 e. The molecule has 1 aliphatic heterocycles. The van der Waals surface area contributed by atoms with E-state index in [0.717, 1.165) is 16.5 Å². The maximum Gasteiger partial charge on any atom is 0.416 e. The van der Waals surface area contributed by atoms with E-state index in [9.17, 15) is 22.8 Å². The highest BCUT2D eigenvalue weighted by Gasteiger charge is 2.39. The number of nitrogens with zero attached hydrogens (tertiary/aromatic N) is 4. The second kappa shape index (κ2) is 8.89. The SMILES string of the molecule is Cc1cccc(C(F)(F)F)c1COc1cnc(N2C(=O)CN(Cc3ccccc3)C2=O)nc1. The molecule has 170 valence electrons. The normalized spacial score (nSPS) is 14.2. The Balaban J connectivity index is 1.45. The van der Waals surface area contributed by atoms with Crippen molar-refractivity contribution in [3.63, 3.8) is 0 Å². The van der Waals surface area contributed by atoms with Gasteiger partial charge in [0.1, 0.15) is 13.2 Å². The van der Waals surface area contributed by atoms with Crippen LogP contribution in [0.3, 0.4) is 0 Å². The number of amides is 3. The number of alkyl halides is 3. The average molecular weight is 456 g/mol. The quantitative estimate of drug-likeness (QED) is 0.516. The molecule has 0 saturated carbocycles. The lowest BCUT2D eigenvalue weighted by atomic mass is 10.0. The Bertz CT molecular complexity index is 1170. The van der Waals surface area contributed by atoms with Gasteiger partial charge in [0.25, 0.3) is 5.91 Å². The number of carbonyl (C=O) groups excluding carboxylic acids is 2. The molecule has 1 aliphatic rings. The first-order chi connectivity index (χ1) is 15.7. The lowest BCUT2D eigenvalue weighted by molar-refractivity contribution is -0.138. The van der Waals surface area contributed by atoms with E-state index in [2.05, 4.69) is 9.97 Å². The van der Waals surface area contributed by atoms with Crippen molar-refractivity contribution in [3.05, 3.63) is 83.2 Å². The van der Waals surface area contributed by atoms with Gasteiger partial charge in [0.05, 0.1) is 18.0 Å². The fourth-order valence-corrected chi connectivity index (χ4v) is 3.49. The van der Waals surface area contributed by atoms with Crippen LogP contribution in [0, 0.1) is 6.92 Å². The number of hydrogen-bond donors (Lipinski definition) is 0. The highest BCUT2D eigenvalue weighted by Crippen LogP contribution is 2.34. The number of aromatic nitrogens is 2. The average Bonchev–Trinajstić information content (AvgIpc) is 3.06. The highest BCUT2D eigenvalue weighted by molar-refractivity contribution is 6.18. The summed E-state index contributed by atoms with van der Waals surface area (Å²) in [7, 11) is 0. The monoisotopic (exact) mass is 456 g/mol. The Morgan fingerprint density at radius 2 is 1.70 bits per heavy atom. The van der Waals surface area contributed by atoms with Crippen LogP contribution in [-0.2, 0) is 24.1 Å². The van der Waals surface area contributed by atoms with E-state index in [4.69, 9.17) is 4.74 Å². The first kappa shape index (κ1) is 22.3. The zero-order valence-corrected chi connectivity index (χ0v) is 17.5. The van der Waals surface area contributed by atoms with Gasteiger partial charge in [0.2, 0.25) is 5.95 Å². The molecular formula is C23H19F3N4O3. The summed E-state index contributed by atoms with van der Waals surface area (Å²) in [6.45, 7) is 1.39. The first-order valence-corrected chi connectivity index (χ1v) is 10.0. The third-order valence-corrected chi connectivity index (χ3v) is 5.17. The van der Waals surface area contributed by atoms with Crippen molar-refractivity contribution in [2.75, 3.05) is 11.4 Å². The van der Waals surface area contributed by atoms with Crippen molar-refractivity contribution >= 4 is 17.9 Å². The molecule has 2 heterocycles. The van der Waals surface area contributed by atoms with E-state index in [-0.39, 0.29) is 37.0 Å². The molecule has 0 N–H and O–H groups in total. The second-order valence-corrected chi connectivity index (χ2v) is 7.46. The number of rotatable bonds is 6. The summed E-state index contributed by atoms with van der Waals surface area (Å²) >= 11 is 0. The molecule has 10 heteroatoms. The van der Waals surface area contributed by atoms with Crippen LogP contribution in [-0.4, -0.2) is 33.4 Å². The molecule has 2 aromatic carbocycles. The zero-order chi connectivity index (χ0) is 23.6. The second-order valence-electron chi connectivity index (χ2n) is 7.46. The molecule has 0 spiro atoms. The van der Waals surface area contributed by atoms with Gasteiger partial charge in [-0.2, -0.15) is 18.1 Å². The van der Waals surface area contributed by atoms with Crippen LogP contribution in [0.15, 0.2) is 60.9 Å². The van der Waals surface area contributed by atoms with E-state index in [1.807, 2.05) is 30.3 Å². The van der Waals surface area contributed by atoms with Gasteiger partial charge in [0, 0.05) is 12.1 Å². The Kier molecular flexibility index (Phi) is 5.99. The lowest BCUT2D eigenvalue weighted by Gasteiger charge is -2.17. The van der Waals surface area contributed by atoms with E-state index in [1.165, 1.54) is 23.4 Å². The van der Waals surface area contributed by atoms with Crippen LogP contribution >= 0.6 is 0 Å². The van der Waals surface area contributed by atoms with Crippen LogP contribution < -0.4 is 9.64 Å². The van der Waals surface area contributed by atoms with E-state index >= 15 is 0 Å². The summed E-state index contributed by atoms with van der Waals surface area (Å²) in [5.41, 5.74) is 0.552. The summed E-state index contributed by atoms with van der Waals surface area (Å²) in [5.74, 6) is -0.491. The molecule has 4 rings (SSSR count). The highest BCUT2D eigenvalue weighted by atomic mass is 19.4. The molecule has 0 bridgehead atoms. The maximum atomic E-state index is 13.3. The fourth-order valence-electron chi connectivity index (χ4n) is 3.49. The Labute approximate surface area is 187 Å². The number of hydrogen-bond acceptors (Lipinski definition) is 5. The van der Waals surface area contributed by atoms with Crippen LogP contribution in [0.2, 0.25) is 0 Å². The fraction of sp³-hybridized carbons (Fsp3) is 0.217. The number of aryl methyl sites for hydroxylation is 1. The summed E-state index contributed by atoms with van der Waals surface area (Å²) in [5, 5.41) is 0. The number of halogens is 3. The van der Waals surface area contributed by atoms with Crippen molar-refractivity contribution in [1.29, 1.82) is 0 Å². The first-order valence-electron chi connectivity index (χ1n) is 10.0. The number of carbonyl (C=O) groups is 2. The standard InChI is InChI=1S/C23H19F3N4O3/c1-15-6-5-9-19(23(24,25)26)18(15)14-33-17-10-27-21(28-11-17)30-20(31)13-29(22(30)32)12-16-7-3-2-4-8-16/h2-11H,12-14H2,1H3. The van der Waals surface area contributed by atoms with Gasteiger partial charge in [0.15, 0.2) is 5.75 Å². The predicted octanol–water partition coefficient (Wildman–Crippen LogP) is 4.35. The minimum absolute atomic E-state index is 0.00975. The van der Waals surface area contributed by atoms with Gasteiger partial charge in [-0.25, -0.2) is 14.8 Å². The molecule has 7 nitrogen and oxygen atoms in total. The number of imide groups is 1. The topological polar surface area (TPSA) is 75.6 Å². The minimum atomic E-state index is -4.51. The van der Waals surface area contributed by atoms with Gasteiger partial charge >= 0.3 is 12.2 Å². The Hall–Kier alpha value is -3.95. The Morgan fingerprint density at radius 1 is 1.00 bits per heavy atom. The van der Waals surface area contributed by atoms with Gasteiger partial charge < -0.3 is 9.64 Å². The van der Waals surface area contributed by atoms with E-state index in [1.54, 1.807) is 13.0 Å². The maximum absolute atomic E-state index is 13.3. The van der Waals surface area contributed by atoms with E-state index < -0.39 is 23.7 Å². The van der Waals surface area contributed by atoms with Crippen molar-refractivity contribution in [1.82, 2.24) is 14.9 Å². The van der Waals surface area contributed by atoms with Crippen molar-refractivity contribution in [2.45, 2.75) is 26.3 Å². The van der Waals surface area contributed by atoms with Crippen molar-refractivity contribution in [2.24, 2.45) is 0 Å². The van der Waals surface area contributed by atoms with Crippen LogP contribution in [0.5, 0.6) is 5.75 Å². The van der Waals surface area contributed by atoms with E-state index in [0.29, 0.717) is 5.56 Å². The van der Waals surface area contributed by atoms with Gasteiger partial charge in [-0.15, -0.1) is 0 Å². The molecule has 3 aromatic rings. The molecule has 0 atom stereocenters. The number of ether oxygens (including phenoxy) is 1. The molecule has 3 amide bonds. The third-order valence-electron chi connectivity index (χ3n) is 5.17. The largest absolute Gasteiger partial charge is 0.486 e. The van der Waals surface area contributed by atoms with Gasteiger partial charge in [-0.3, -0.25) is 4.79 Å². The predicted molar refractivity (Wildman–Crippen MR) is 112 cm³/mol. The number of anilines is 1.